The molecule has 0 spiro atoms. The van der Waals surface area contributed by atoms with E-state index in [9.17, 15) is 4.79 Å². The zero-order valence-electron chi connectivity index (χ0n) is 13.6. The van der Waals surface area contributed by atoms with Crippen LogP contribution in [0.4, 0.5) is 0 Å². The minimum atomic E-state index is -0.233. The molecule has 4 heteroatoms. The fourth-order valence-electron chi connectivity index (χ4n) is 3.33. The number of ether oxygens (including phenoxy) is 1. The summed E-state index contributed by atoms with van der Waals surface area (Å²) in [4.78, 5) is 15.7. The first-order chi connectivity index (χ1) is 11.2. The number of rotatable bonds is 2. The van der Waals surface area contributed by atoms with Crippen molar-refractivity contribution in [3.63, 3.8) is 0 Å². The van der Waals surface area contributed by atoms with Gasteiger partial charge in [-0.2, -0.15) is 23.8 Å². The van der Waals surface area contributed by atoms with E-state index in [1.165, 1.54) is 16.6 Å². The summed E-state index contributed by atoms with van der Waals surface area (Å²) in [5.41, 5.74) is 5.42. The molecular formula is C20H18NO2Y-. The Morgan fingerprint density at radius 3 is 2.88 bits per heavy atom. The number of H-pyrrole nitrogens is 1. The molecule has 1 heterocycles. The van der Waals surface area contributed by atoms with Gasteiger partial charge >= 0.3 is 5.97 Å². The average molecular weight is 393 g/mol. The van der Waals surface area contributed by atoms with E-state index in [0.717, 1.165) is 30.3 Å². The Balaban J connectivity index is 0.00000169. The number of carbonyl (C=O) groups is 1. The third-order valence-corrected chi connectivity index (χ3v) is 4.50. The molecule has 0 amide bonds. The van der Waals surface area contributed by atoms with Crippen LogP contribution < -0.4 is 0 Å². The molecule has 0 saturated heterocycles. The number of aromatic amines is 1. The molecule has 4 rings (SSSR count). The second-order valence-corrected chi connectivity index (χ2v) is 6.16. The first-order valence-electron chi connectivity index (χ1n) is 7.98. The summed E-state index contributed by atoms with van der Waals surface area (Å²) >= 11 is 0. The van der Waals surface area contributed by atoms with Gasteiger partial charge in [0.15, 0.2) is 0 Å². The van der Waals surface area contributed by atoms with E-state index in [-0.39, 0.29) is 44.8 Å². The average Bonchev–Trinajstić information content (AvgIpc) is 2.93. The first-order valence-corrected chi connectivity index (χ1v) is 7.98. The van der Waals surface area contributed by atoms with Gasteiger partial charge in [0.2, 0.25) is 0 Å². The SMILES string of the molecule is Cc1[c-]cc2[nH]c3c(c2c1)CC(OC(=O)c1ccccc1)CC3.[Y]. The maximum atomic E-state index is 12.2. The second-order valence-electron chi connectivity index (χ2n) is 6.16. The van der Waals surface area contributed by atoms with Gasteiger partial charge < -0.3 is 9.72 Å². The van der Waals surface area contributed by atoms with Crippen molar-refractivity contribution in [2.75, 3.05) is 0 Å². The molecule has 1 aliphatic carbocycles. The van der Waals surface area contributed by atoms with Crippen LogP contribution in [0.5, 0.6) is 0 Å². The predicted octanol–water partition coefficient (Wildman–Crippen LogP) is 3.99. The first kappa shape index (κ1) is 17.4. The fraction of sp³-hybridized carbons (Fsp3) is 0.250. The molecule has 1 N–H and O–H groups in total. The van der Waals surface area contributed by atoms with Crippen LogP contribution in [0.15, 0.2) is 42.5 Å². The normalized spacial score (nSPS) is 16.3. The Morgan fingerprint density at radius 1 is 1.29 bits per heavy atom. The van der Waals surface area contributed by atoms with Crippen LogP contribution in [-0.4, -0.2) is 17.1 Å². The molecule has 24 heavy (non-hydrogen) atoms. The number of esters is 1. The minimum Gasteiger partial charge on any atom is -0.458 e. The summed E-state index contributed by atoms with van der Waals surface area (Å²) in [7, 11) is 0. The van der Waals surface area contributed by atoms with E-state index in [1.54, 1.807) is 12.1 Å². The van der Waals surface area contributed by atoms with Crippen LogP contribution >= 0.6 is 0 Å². The molecule has 0 aliphatic heterocycles. The Hall–Kier alpha value is -1.45. The van der Waals surface area contributed by atoms with Gasteiger partial charge in [-0.3, -0.25) is 0 Å². The quantitative estimate of drug-likeness (QED) is 0.529. The number of aromatic nitrogens is 1. The van der Waals surface area contributed by atoms with Crippen molar-refractivity contribution >= 4 is 16.9 Å². The number of hydrogen-bond acceptors (Lipinski definition) is 2. The van der Waals surface area contributed by atoms with Gasteiger partial charge in [0.25, 0.3) is 0 Å². The summed E-state index contributed by atoms with van der Waals surface area (Å²) < 4.78 is 5.72. The van der Waals surface area contributed by atoms with E-state index < -0.39 is 0 Å². The molecule has 1 radical (unpaired) electrons. The van der Waals surface area contributed by atoms with Crippen molar-refractivity contribution in [2.45, 2.75) is 32.3 Å². The summed E-state index contributed by atoms with van der Waals surface area (Å²) in [5, 5.41) is 1.23. The number of carbonyl (C=O) groups excluding carboxylic acids is 1. The number of hydrogen-bond donors (Lipinski definition) is 1. The smallest absolute Gasteiger partial charge is 0.338 e. The van der Waals surface area contributed by atoms with Crippen molar-refractivity contribution in [1.29, 1.82) is 0 Å². The maximum absolute atomic E-state index is 12.2. The van der Waals surface area contributed by atoms with Gasteiger partial charge in [0.05, 0.1) is 5.56 Å². The molecule has 1 aliphatic rings. The van der Waals surface area contributed by atoms with Gasteiger partial charge in [0, 0.05) is 44.8 Å². The maximum Gasteiger partial charge on any atom is 0.338 e. The molecule has 0 saturated carbocycles. The van der Waals surface area contributed by atoms with E-state index in [2.05, 4.69) is 24.0 Å². The van der Waals surface area contributed by atoms with E-state index in [4.69, 9.17) is 4.74 Å². The van der Waals surface area contributed by atoms with E-state index in [1.807, 2.05) is 24.3 Å². The zero-order valence-corrected chi connectivity index (χ0v) is 16.5. The van der Waals surface area contributed by atoms with E-state index in [0.29, 0.717) is 5.56 Å². The second kappa shape index (κ2) is 7.20. The predicted molar refractivity (Wildman–Crippen MR) is 89.5 cm³/mol. The van der Waals surface area contributed by atoms with Crippen LogP contribution in [-0.2, 0) is 50.3 Å². The van der Waals surface area contributed by atoms with Gasteiger partial charge in [0.1, 0.15) is 6.10 Å². The third-order valence-electron chi connectivity index (χ3n) is 4.50. The van der Waals surface area contributed by atoms with Crippen LogP contribution in [0.3, 0.4) is 0 Å². The van der Waals surface area contributed by atoms with Crippen LogP contribution in [0.2, 0.25) is 0 Å². The molecule has 1 unspecified atom stereocenters. The Kier molecular flexibility index (Phi) is 5.22. The van der Waals surface area contributed by atoms with Crippen LogP contribution in [0.1, 0.15) is 33.6 Å². The standard InChI is InChI=1S/C20H18NO2.Y/c1-13-7-9-18-16(11-13)17-12-15(8-10-19(17)21-18)23-20(22)14-5-3-2-4-6-14;/h2-6,9,11,15,21H,8,10,12H2,1H3;/q-1;. The summed E-state index contributed by atoms with van der Waals surface area (Å²) in [6, 6.07) is 16.6. The number of aryl methyl sites for hydroxylation is 2. The molecule has 1 aromatic heterocycles. The van der Waals surface area contributed by atoms with Gasteiger partial charge in [-0.1, -0.05) is 30.6 Å². The summed E-state index contributed by atoms with van der Waals surface area (Å²) in [6.07, 6.45) is 2.49. The largest absolute Gasteiger partial charge is 0.458 e. The molecule has 2 aromatic carbocycles. The molecule has 0 bridgehead atoms. The Bertz CT molecular complexity index is 870. The third kappa shape index (κ3) is 3.33. The fourth-order valence-corrected chi connectivity index (χ4v) is 3.33. The Labute approximate surface area is 166 Å². The van der Waals surface area contributed by atoms with Crippen molar-refractivity contribution in [3.05, 3.63) is 70.9 Å². The molecule has 0 fully saturated rings. The van der Waals surface area contributed by atoms with Gasteiger partial charge in [-0.05, 0) is 30.5 Å². The monoisotopic (exact) mass is 393 g/mol. The van der Waals surface area contributed by atoms with Crippen molar-refractivity contribution in [3.8, 4) is 0 Å². The summed E-state index contributed by atoms with van der Waals surface area (Å²) in [6.45, 7) is 2.05. The van der Waals surface area contributed by atoms with Crippen molar-refractivity contribution in [2.24, 2.45) is 0 Å². The molecule has 3 nitrogen and oxygen atoms in total. The molecular weight excluding hydrogens is 375 g/mol. The number of nitrogens with one attached hydrogen (secondary N) is 1. The number of benzene rings is 2. The van der Waals surface area contributed by atoms with Crippen LogP contribution in [0, 0.1) is 13.0 Å². The summed E-state index contributed by atoms with van der Waals surface area (Å²) in [5.74, 6) is -0.233. The molecule has 119 valence electrons. The Morgan fingerprint density at radius 2 is 2.08 bits per heavy atom. The number of fused-ring (bicyclic) bond motifs is 3. The van der Waals surface area contributed by atoms with Gasteiger partial charge in [-0.25, -0.2) is 4.79 Å². The molecule has 3 aromatic rings. The van der Waals surface area contributed by atoms with Crippen molar-refractivity contribution in [1.82, 2.24) is 4.98 Å². The minimum absolute atomic E-state index is 0. The zero-order chi connectivity index (χ0) is 15.8. The van der Waals surface area contributed by atoms with Gasteiger partial charge in [-0.15, -0.1) is 5.39 Å². The van der Waals surface area contributed by atoms with Crippen LogP contribution in [0.25, 0.3) is 10.9 Å². The topological polar surface area (TPSA) is 42.1 Å². The van der Waals surface area contributed by atoms with Crippen molar-refractivity contribution < 1.29 is 42.2 Å². The van der Waals surface area contributed by atoms with E-state index >= 15 is 0 Å². The molecule has 1 atom stereocenters.